The second-order valence-electron chi connectivity index (χ2n) is 6.99. The van der Waals surface area contributed by atoms with Crippen molar-refractivity contribution in [2.45, 2.75) is 13.8 Å². The van der Waals surface area contributed by atoms with Crippen LogP contribution >= 0.6 is 35.3 Å². The number of hydrogen-bond acceptors (Lipinski definition) is 5. The lowest BCUT2D eigenvalue weighted by Gasteiger charge is -2.22. The van der Waals surface area contributed by atoms with Gasteiger partial charge in [0.05, 0.1) is 10.2 Å². The van der Waals surface area contributed by atoms with Crippen LogP contribution < -0.4 is 9.64 Å². The Morgan fingerprint density at radius 3 is 2.41 bits per heavy atom. The number of halogens is 2. The Morgan fingerprint density at radius 2 is 1.76 bits per heavy atom. The Bertz CT molecular complexity index is 935. The number of anilines is 1. The fourth-order valence-corrected chi connectivity index (χ4v) is 3.88. The Morgan fingerprint density at radius 1 is 1.10 bits per heavy atom. The lowest BCUT2D eigenvalue weighted by atomic mass is 10.1. The normalized spacial score (nSPS) is 10.8. The van der Waals surface area contributed by atoms with Crippen molar-refractivity contribution in [1.29, 1.82) is 0 Å². The van der Waals surface area contributed by atoms with Gasteiger partial charge in [-0.1, -0.05) is 22.9 Å². The molecular weight excluding hydrogens is 429 g/mol. The molecule has 8 heteroatoms. The SMILES string of the molecule is Cc1cc2nc(N(CCN(C)C)C(=O)COc3ccc(Cl)cc3)sc2cc1C.Cl. The highest BCUT2D eigenvalue weighted by Gasteiger charge is 2.21. The minimum atomic E-state index is -0.121. The van der Waals surface area contributed by atoms with Gasteiger partial charge in [-0.05, 0) is 75.5 Å². The average Bonchev–Trinajstić information content (AvgIpc) is 3.03. The standard InChI is InChI=1S/C21H24ClN3O2S.ClH/c1-14-11-18-19(12-15(14)2)28-21(23-18)25(10-9-24(3)4)20(26)13-27-17-7-5-16(22)6-8-17;/h5-8,11-12H,9-10,13H2,1-4H3;1H. The predicted molar refractivity (Wildman–Crippen MR) is 124 cm³/mol. The molecule has 0 atom stereocenters. The van der Waals surface area contributed by atoms with E-state index in [-0.39, 0.29) is 24.9 Å². The molecule has 1 amide bonds. The first-order valence-corrected chi connectivity index (χ1v) is 10.2. The number of nitrogens with zero attached hydrogens (tertiary/aromatic N) is 3. The molecule has 0 unspecified atom stereocenters. The zero-order valence-electron chi connectivity index (χ0n) is 16.9. The Kier molecular flexibility index (Phi) is 8.28. The minimum absolute atomic E-state index is 0. The quantitative estimate of drug-likeness (QED) is 0.506. The number of benzene rings is 2. The van der Waals surface area contributed by atoms with E-state index in [1.807, 2.05) is 19.0 Å². The first-order valence-electron chi connectivity index (χ1n) is 9.05. The van der Waals surface area contributed by atoms with E-state index in [1.165, 1.54) is 22.5 Å². The first-order chi connectivity index (χ1) is 13.3. The molecule has 0 spiro atoms. The third-order valence-corrected chi connectivity index (χ3v) is 5.76. The first kappa shape index (κ1) is 23.4. The molecule has 0 aliphatic carbocycles. The molecule has 3 rings (SSSR count). The van der Waals surface area contributed by atoms with Crippen molar-refractivity contribution < 1.29 is 9.53 Å². The molecule has 0 aliphatic rings. The maximum absolute atomic E-state index is 12.9. The van der Waals surface area contributed by atoms with Crippen LogP contribution in [0.3, 0.4) is 0 Å². The molecule has 0 saturated heterocycles. The summed E-state index contributed by atoms with van der Waals surface area (Å²) in [6.45, 7) is 5.39. The number of aromatic nitrogens is 1. The van der Waals surface area contributed by atoms with Gasteiger partial charge >= 0.3 is 0 Å². The van der Waals surface area contributed by atoms with Gasteiger partial charge in [-0.25, -0.2) is 4.98 Å². The van der Waals surface area contributed by atoms with Gasteiger partial charge in [0.1, 0.15) is 5.75 Å². The van der Waals surface area contributed by atoms with E-state index in [4.69, 9.17) is 21.3 Å². The van der Waals surface area contributed by atoms with Crippen LogP contribution in [0, 0.1) is 13.8 Å². The zero-order chi connectivity index (χ0) is 20.3. The summed E-state index contributed by atoms with van der Waals surface area (Å²) in [6, 6.07) is 11.2. The molecule has 0 bridgehead atoms. The van der Waals surface area contributed by atoms with Gasteiger partial charge < -0.3 is 9.64 Å². The second-order valence-corrected chi connectivity index (χ2v) is 8.44. The maximum Gasteiger partial charge on any atom is 0.266 e. The van der Waals surface area contributed by atoms with E-state index >= 15 is 0 Å². The molecule has 0 aliphatic heterocycles. The van der Waals surface area contributed by atoms with Crippen LogP contribution in [0.5, 0.6) is 5.75 Å². The highest BCUT2D eigenvalue weighted by Crippen LogP contribution is 2.31. The van der Waals surface area contributed by atoms with Crippen LogP contribution in [0.2, 0.25) is 5.02 Å². The second kappa shape index (κ2) is 10.3. The summed E-state index contributed by atoms with van der Waals surface area (Å²) in [6.07, 6.45) is 0. The number of rotatable bonds is 7. The number of thiazole rings is 1. The van der Waals surface area contributed by atoms with Crippen LogP contribution in [0.15, 0.2) is 36.4 Å². The summed E-state index contributed by atoms with van der Waals surface area (Å²) in [5.74, 6) is 0.491. The number of likely N-dealkylation sites (N-methyl/N-ethyl adjacent to an activating group) is 1. The number of hydrogen-bond donors (Lipinski definition) is 0. The molecular formula is C21H25Cl2N3O2S. The maximum atomic E-state index is 12.9. The molecule has 5 nitrogen and oxygen atoms in total. The van der Waals surface area contributed by atoms with Crippen molar-refractivity contribution in [2.24, 2.45) is 0 Å². The number of fused-ring (bicyclic) bond motifs is 1. The lowest BCUT2D eigenvalue weighted by molar-refractivity contribution is -0.120. The lowest BCUT2D eigenvalue weighted by Crippen LogP contribution is -2.39. The Labute approximate surface area is 186 Å². The summed E-state index contributed by atoms with van der Waals surface area (Å²) in [5, 5.41) is 1.33. The monoisotopic (exact) mass is 453 g/mol. The highest BCUT2D eigenvalue weighted by molar-refractivity contribution is 7.22. The average molecular weight is 454 g/mol. The van der Waals surface area contributed by atoms with E-state index in [9.17, 15) is 4.79 Å². The minimum Gasteiger partial charge on any atom is -0.484 e. The van der Waals surface area contributed by atoms with Crippen LogP contribution in [0.4, 0.5) is 5.13 Å². The van der Waals surface area contributed by atoms with Crippen LogP contribution in [0.25, 0.3) is 10.2 Å². The molecule has 0 saturated carbocycles. The number of ether oxygens (including phenoxy) is 1. The highest BCUT2D eigenvalue weighted by atomic mass is 35.5. The van der Waals surface area contributed by atoms with Gasteiger partial charge in [0.15, 0.2) is 11.7 Å². The topological polar surface area (TPSA) is 45.7 Å². The summed E-state index contributed by atoms with van der Waals surface area (Å²) < 4.78 is 6.74. The van der Waals surface area contributed by atoms with Gasteiger partial charge in [0.25, 0.3) is 5.91 Å². The summed E-state index contributed by atoms with van der Waals surface area (Å²) in [5.41, 5.74) is 3.34. The van der Waals surface area contributed by atoms with Crippen molar-refractivity contribution in [1.82, 2.24) is 9.88 Å². The van der Waals surface area contributed by atoms with Crippen molar-refractivity contribution >= 4 is 56.6 Å². The molecule has 2 aromatic carbocycles. The molecule has 29 heavy (non-hydrogen) atoms. The van der Waals surface area contributed by atoms with E-state index in [1.54, 1.807) is 29.2 Å². The zero-order valence-corrected chi connectivity index (χ0v) is 19.3. The van der Waals surface area contributed by atoms with Gasteiger partial charge in [-0.2, -0.15) is 0 Å². The summed E-state index contributed by atoms with van der Waals surface area (Å²) >= 11 is 7.43. The van der Waals surface area contributed by atoms with E-state index in [0.717, 1.165) is 16.8 Å². The number of carbonyl (C=O) groups excluding carboxylic acids is 1. The summed E-state index contributed by atoms with van der Waals surface area (Å²) in [4.78, 5) is 21.4. The third kappa shape index (κ3) is 6.06. The third-order valence-electron chi connectivity index (χ3n) is 4.47. The van der Waals surface area contributed by atoms with Crippen molar-refractivity contribution in [2.75, 3.05) is 38.7 Å². The van der Waals surface area contributed by atoms with Crippen molar-refractivity contribution in [3.63, 3.8) is 0 Å². The largest absolute Gasteiger partial charge is 0.484 e. The molecule has 3 aromatic rings. The van der Waals surface area contributed by atoms with E-state index in [2.05, 4.69) is 26.0 Å². The van der Waals surface area contributed by atoms with Crippen molar-refractivity contribution in [3.8, 4) is 5.75 Å². The van der Waals surface area contributed by atoms with Gasteiger partial charge in [0, 0.05) is 18.1 Å². The Hall–Kier alpha value is -1.86. The molecule has 1 aromatic heterocycles. The predicted octanol–water partition coefficient (Wildman–Crippen LogP) is 4.96. The molecule has 0 radical (unpaired) electrons. The van der Waals surface area contributed by atoms with E-state index < -0.39 is 0 Å². The number of carbonyl (C=O) groups is 1. The molecule has 1 heterocycles. The van der Waals surface area contributed by atoms with Crippen LogP contribution in [0.1, 0.15) is 11.1 Å². The van der Waals surface area contributed by atoms with Gasteiger partial charge in [0.2, 0.25) is 0 Å². The number of amides is 1. The smallest absolute Gasteiger partial charge is 0.266 e. The van der Waals surface area contributed by atoms with Crippen molar-refractivity contribution in [3.05, 3.63) is 52.5 Å². The summed E-state index contributed by atoms with van der Waals surface area (Å²) in [7, 11) is 3.97. The molecule has 0 fully saturated rings. The van der Waals surface area contributed by atoms with E-state index in [0.29, 0.717) is 22.4 Å². The Balaban J connectivity index is 0.00000300. The fraction of sp³-hybridized carbons (Fsp3) is 0.333. The van der Waals surface area contributed by atoms with Crippen LogP contribution in [-0.2, 0) is 4.79 Å². The number of aryl methyl sites for hydroxylation is 2. The van der Waals surface area contributed by atoms with Gasteiger partial charge in [-0.15, -0.1) is 12.4 Å². The molecule has 156 valence electrons. The van der Waals surface area contributed by atoms with Gasteiger partial charge in [-0.3, -0.25) is 9.69 Å². The molecule has 0 N–H and O–H groups in total. The fourth-order valence-electron chi connectivity index (χ4n) is 2.66. The van der Waals surface area contributed by atoms with Crippen LogP contribution in [-0.4, -0.2) is 49.6 Å².